The number of halogens is 2. The van der Waals surface area contributed by atoms with Gasteiger partial charge in [-0.2, -0.15) is 0 Å². The van der Waals surface area contributed by atoms with E-state index in [1.54, 1.807) is 0 Å². The van der Waals surface area contributed by atoms with Crippen LogP contribution in [0.15, 0.2) is 116 Å². The van der Waals surface area contributed by atoms with Crippen molar-refractivity contribution < 1.29 is 43.5 Å². The van der Waals surface area contributed by atoms with Crippen LogP contribution in [0.25, 0.3) is 55.5 Å². The maximum atomic E-state index is 13.3. The fourth-order valence-corrected chi connectivity index (χ4v) is 8.00. The molecule has 0 radical (unpaired) electrons. The second-order valence-electron chi connectivity index (χ2n) is 15.8. The molecule has 0 fully saturated rings. The second kappa shape index (κ2) is 19.1. The molecule has 14 nitrogen and oxygen atoms in total. The summed E-state index contributed by atoms with van der Waals surface area (Å²) in [4.78, 5) is 43.7. The summed E-state index contributed by atoms with van der Waals surface area (Å²) in [5.41, 5.74) is 29.0. The van der Waals surface area contributed by atoms with E-state index in [0.29, 0.717) is 31.0 Å². The highest BCUT2D eigenvalue weighted by Crippen LogP contribution is 2.28. The molecule has 6 aromatic carbocycles. The zero-order valence-electron chi connectivity index (χ0n) is 36.3. The van der Waals surface area contributed by atoms with E-state index in [1.807, 2.05) is 88.4 Å². The fourth-order valence-electron chi connectivity index (χ4n) is 8.00. The van der Waals surface area contributed by atoms with E-state index in [2.05, 4.69) is 88.9 Å². The van der Waals surface area contributed by atoms with Crippen LogP contribution in [0, 0.1) is 27.7 Å². The van der Waals surface area contributed by atoms with Crippen LogP contribution in [0.4, 0.5) is 22.7 Å². The number of nitrogen functional groups attached to an aromatic ring is 2. The summed E-state index contributed by atoms with van der Waals surface area (Å²) in [7, 11) is 0. The van der Waals surface area contributed by atoms with Crippen LogP contribution in [0.2, 0.25) is 0 Å². The number of benzene rings is 6. The Kier molecular flexibility index (Phi) is 13.3. The lowest BCUT2D eigenvalue weighted by Crippen LogP contribution is -3.00. The Morgan fingerprint density at radius 3 is 1.38 bits per heavy atom. The van der Waals surface area contributed by atoms with Crippen LogP contribution in [0.5, 0.6) is 0 Å². The molecule has 0 spiro atoms. The fraction of sp³-hybridized carbons (Fsp3) is 0.163. The third-order valence-corrected chi connectivity index (χ3v) is 11.4. The molecule has 0 aliphatic heterocycles. The van der Waals surface area contributed by atoms with Crippen LogP contribution >= 0.6 is 0 Å². The Labute approximate surface area is 387 Å². The Morgan fingerprint density at radius 2 is 0.938 bits per heavy atom. The first-order chi connectivity index (χ1) is 30.5. The normalized spacial score (nSPS) is 11.0. The molecule has 0 saturated carbocycles. The van der Waals surface area contributed by atoms with Gasteiger partial charge in [-0.25, -0.2) is 15.0 Å². The molecule has 9 aromatic rings. The molecule has 9 rings (SSSR count). The number of anilines is 4. The van der Waals surface area contributed by atoms with E-state index < -0.39 is 11.8 Å². The van der Waals surface area contributed by atoms with Crippen molar-refractivity contribution in [3.8, 4) is 11.4 Å². The van der Waals surface area contributed by atoms with Crippen molar-refractivity contribution in [1.29, 1.82) is 0 Å². The lowest BCUT2D eigenvalue weighted by atomic mass is 10.1. The SMILES string of the molecule is Cc1cc2nc3cc(C)c(NCCNC(=O)c4nc[nH]c4C(=O)NCCNc4cc5c(cc4C)nc4cc(C)c(N)cc4[n+]5-c4ccccc4)cc3[n+](-c3ccccc3)c2cc1N.[Cl-].[Cl-]. The summed E-state index contributed by atoms with van der Waals surface area (Å²) < 4.78 is 4.34. The van der Waals surface area contributed by atoms with Crippen molar-refractivity contribution in [2.45, 2.75) is 27.7 Å². The molecule has 2 amide bonds. The largest absolute Gasteiger partial charge is 1.00 e. The first-order valence-corrected chi connectivity index (χ1v) is 20.8. The maximum Gasteiger partial charge on any atom is 0.272 e. The average Bonchev–Trinajstić information content (AvgIpc) is 3.78. The molecule has 330 valence electrons. The number of H-pyrrole nitrogens is 1. The van der Waals surface area contributed by atoms with Gasteiger partial charge in [0.2, 0.25) is 33.4 Å². The molecule has 65 heavy (non-hydrogen) atoms. The number of para-hydroxylation sites is 2. The predicted octanol–water partition coefficient (Wildman–Crippen LogP) is 0.456. The quantitative estimate of drug-likeness (QED) is 0.0395. The molecule has 0 aliphatic carbocycles. The van der Waals surface area contributed by atoms with Crippen LogP contribution in [-0.2, 0) is 0 Å². The lowest BCUT2D eigenvalue weighted by Gasteiger charge is -2.13. The molecule has 9 N–H and O–H groups in total. The number of carbonyl (C=O) groups is 2. The Bertz CT molecular complexity index is 3040. The molecule has 0 unspecified atom stereocenters. The number of fused-ring (bicyclic) bond motifs is 4. The average molecular weight is 908 g/mol. The Hall–Kier alpha value is -7.55. The standard InChI is InChI=1S/C49H46N12O2.2ClH/c1-28-19-38-42(23-34(28)50)60(32-11-7-5-8-12-32)44-25-36(30(3)21-40(44)58-38)52-15-17-54-48(62)46-47(57-27-56-46)49(63)55-18-16-53-37-26-45-41(22-31(37)4)59-39-20-29(2)35(51)24-43(39)61(45)33-13-9-6-10-14-33;;/h5-14,19-27H,15-18H2,1-4H3,(H7,50,51,52,53,54,55,56,57,62,63);2*1H. The Morgan fingerprint density at radius 1 is 0.538 bits per heavy atom. The number of nitrogens with two attached hydrogens (primary N) is 2. The first-order valence-electron chi connectivity index (χ1n) is 20.8. The zero-order chi connectivity index (χ0) is 43.8. The highest BCUT2D eigenvalue weighted by atomic mass is 35.5. The molecule has 3 heterocycles. The number of nitrogens with zero attached hydrogens (tertiary/aromatic N) is 5. The van der Waals surface area contributed by atoms with Gasteiger partial charge in [0.05, 0.1) is 6.33 Å². The number of aromatic nitrogens is 6. The highest BCUT2D eigenvalue weighted by Gasteiger charge is 2.24. The number of carbonyl (C=O) groups excluding carboxylic acids is 2. The summed E-state index contributed by atoms with van der Waals surface area (Å²) in [5.74, 6) is -0.895. The number of rotatable bonds is 12. The van der Waals surface area contributed by atoms with Crippen molar-refractivity contribution >= 4 is 78.7 Å². The number of hydrogen-bond acceptors (Lipinski definition) is 9. The number of aromatic amines is 1. The van der Waals surface area contributed by atoms with Gasteiger partial charge in [-0.15, -0.1) is 9.13 Å². The Balaban J connectivity index is 0.00000315. The van der Waals surface area contributed by atoms with Crippen molar-refractivity contribution in [3.05, 3.63) is 149 Å². The second-order valence-corrected chi connectivity index (χ2v) is 15.8. The number of hydrogen-bond donors (Lipinski definition) is 7. The predicted molar refractivity (Wildman–Crippen MR) is 250 cm³/mol. The van der Waals surface area contributed by atoms with Gasteiger partial charge in [0, 0.05) is 97.5 Å². The van der Waals surface area contributed by atoms with E-state index >= 15 is 0 Å². The van der Waals surface area contributed by atoms with Crippen LogP contribution in [0.1, 0.15) is 43.2 Å². The molecule has 0 aliphatic rings. The van der Waals surface area contributed by atoms with Crippen molar-refractivity contribution in [3.63, 3.8) is 0 Å². The smallest absolute Gasteiger partial charge is 0.272 e. The van der Waals surface area contributed by atoms with Gasteiger partial charge in [0.25, 0.3) is 11.8 Å². The maximum absolute atomic E-state index is 13.3. The van der Waals surface area contributed by atoms with Gasteiger partial charge in [-0.3, -0.25) is 9.59 Å². The molecule has 3 aromatic heterocycles. The lowest BCUT2D eigenvalue weighted by molar-refractivity contribution is -0.538. The number of imidazole rings is 1. The summed E-state index contributed by atoms with van der Waals surface area (Å²) in [6.07, 6.45) is 1.35. The van der Waals surface area contributed by atoms with Crippen LogP contribution in [0.3, 0.4) is 0 Å². The zero-order valence-corrected chi connectivity index (χ0v) is 37.8. The van der Waals surface area contributed by atoms with Crippen LogP contribution < -0.4 is 66.7 Å². The minimum absolute atomic E-state index is 0. The van der Waals surface area contributed by atoms with Gasteiger partial charge in [-0.1, -0.05) is 36.4 Å². The molecular weight excluding hydrogens is 860 g/mol. The van der Waals surface area contributed by atoms with Gasteiger partial charge in [0.15, 0.2) is 5.69 Å². The van der Waals surface area contributed by atoms with Gasteiger partial charge < -0.3 is 62.5 Å². The minimum atomic E-state index is -0.460. The highest BCUT2D eigenvalue weighted by molar-refractivity contribution is 6.04. The summed E-state index contributed by atoms with van der Waals surface area (Å²) in [5, 5.41) is 12.8. The summed E-state index contributed by atoms with van der Waals surface area (Å²) in [6, 6.07) is 36.5. The van der Waals surface area contributed by atoms with Crippen molar-refractivity contribution in [2.75, 3.05) is 48.3 Å². The molecule has 16 heteroatoms. The number of amides is 2. The van der Waals surface area contributed by atoms with Gasteiger partial charge in [-0.05, 0) is 74.2 Å². The molecular formula is C49H48Cl2N12O2. The third-order valence-electron chi connectivity index (χ3n) is 11.4. The summed E-state index contributed by atoms with van der Waals surface area (Å²) in [6.45, 7) is 9.45. The van der Waals surface area contributed by atoms with Gasteiger partial charge >= 0.3 is 0 Å². The molecule has 0 bridgehead atoms. The third kappa shape index (κ3) is 8.99. The van der Waals surface area contributed by atoms with E-state index in [-0.39, 0.29) is 42.7 Å². The topological polar surface area (TPSA) is 197 Å². The molecule has 0 atom stereocenters. The van der Waals surface area contributed by atoms with Crippen molar-refractivity contribution in [1.82, 2.24) is 30.6 Å². The van der Waals surface area contributed by atoms with E-state index in [4.69, 9.17) is 21.4 Å². The van der Waals surface area contributed by atoms with Crippen molar-refractivity contribution in [2.24, 2.45) is 0 Å². The minimum Gasteiger partial charge on any atom is -1.00 e. The molecule has 0 saturated heterocycles. The monoisotopic (exact) mass is 906 g/mol. The van der Waals surface area contributed by atoms with Crippen LogP contribution in [-0.4, -0.2) is 57.9 Å². The van der Waals surface area contributed by atoms with E-state index in [9.17, 15) is 9.59 Å². The van der Waals surface area contributed by atoms with Gasteiger partial charge in [0.1, 0.15) is 27.8 Å². The first kappa shape index (κ1) is 45.5. The number of nitrogens with one attached hydrogen (secondary N) is 5. The van der Waals surface area contributed by atoms with E-state index in [0.717, 1.165) is 89.1 Å². The number of aryl methyl sites for hydroxylation is 4. The summed E-state index contributed by atoms with van der Waals surface area (Å²) >= 11 is 0. The van der Waals surface area contributed by atoms with E-state index in [1.165, 1.54) is 6.33 Å².